The van der Waals surface area contributed by atoms with Crippen LogP contribution in [0.2, 0.25) is 0 Å². The summed E-state index contributed by atoms with van der Waals surface area (Å²) < 4.78 is 5.20. The van der Waals surface area contributed by atoms with Crippen LogP contribution >= 0.6 is 0 Å². The van der Waals surface area contributed by atoms with E-state index in [4.69, 9.17) is 4.74 Å². The second kappa shape index (κ2) is 8.57. The monoisotopic (exact) mass is 349 g/mol. The van der Waals surface area contributed by atoms with E-state index in [1.54, 1.807) is 31.0 Å². The first-order valence-electron chi connectivity index (χ1n) is 8.25. The van der Waals surface area contributed by atoms with E-state index >= 15 is 0 Å². The minimum atomic E-state index is -0.459. The Kier molecular flexibility index (Phi) is 6.46. The summed E-state index contributed by atoms with van der Waals surface area (Å²) in [6.45, 7) is 3.99. The Hall–Kier alpha value is -2.48. The summed E-state index contributed by atoms with van der Waals surface area (Å²) in [7, 11) is 1.64. The van der Waals surface area contributed by atoms with E-state index in [1.165, 1.54) is 17.0 Å². The van der Waals surface area contributed by atoms with Crippen molar-refractivity contribution in [2.75, 3.05) is 33.4 Å². The molecule has 1 aliphatic rings. The Morgan fingerprint density at radius 3 is 2.64 bits per heavy atom. The molecule has 0 bridgehead atoms. The zero-order valence-corrected chi connectivity index (χ0v) is 14.5. The van der Waals surface area contributed by atoms with Crippen LogP contribution in [0.3, 0.4) is 0 Å². The van der Waals surface area contributed by atoms with Gasteiger partial charge in [-0.3, -0.25) is 19.7 Å². The van der Waals surface area contributed by atoms with Gasteiger partial charge >= 0.3 is 0 Å². The number of rotatable bonds is 6. The Bertz CT molecular complexity index is 643. The van der Waals surface area contributed by atoms with Crippen molar-refractivity contribution in [2.24, 2.45) is 0 Å². The first-order valence-corrected chi connectivity index (χ1v) is 8.25. The Morgan fingerprint density at radius 2 is 2.00 bits per heavy atom. The molecule has 1 aromatic rings. The number of non-ortho nitro benzene ring substituents is 1. The predicted octanol–water partition coefficient (Wildman–Crippen LogP) is 1.75. The molecule has 1 aromatic carbocycles. The van der Waals surface area contributed by atoms with Gasteiger partial charge in [0.25, 0.3) is 5.69 Å². The number of ether oxygens (including phenoxy) is 1. The summed E-state index contributed by atoms with van der Waals surface area (Å²) in [4.78, 5) is 38.1. The van der Waals surface area contributed by atoms with Crippen LogP contribution in [0, 0.1) is 10.1 Å². The van der Waals surface area contributed by atoms with Crippen molar-refractivity contribution in [3.05, 3.63) is 39.9 Å². The summed E-state index contributed by atoms with van der Waals surface area (Å²) in [6.07, 6.45) is 0.275. The standard InChI is InChI=1S/C17H23N3O5/c1-13(14-4-3-5-15(12-14)20(23)24)18(2)16(21)6-7-17(22)19-8-10-25-11-9-19/h3-5,12-13H,6-11H2,1-2H3/t13-/m1/s1. The highest BCUT2D eigenvalue weighted by molar-refractivity contribution is 5.84. The zero-order valence-electron chi connectivity index (χ0n) is 14.5. The normalized spacial score (nSPS) is 15.5. The molecule has 0 saturated carbocycles. The summed E-state index contributed by atoms with van der Waals surface area (Å²) in [6, 6.07) is 5.92. The fraction of sp³-hybridized carbons (Fsp3) is 0.529. The third-order valence-corrected chi connectivity index (χ3v) is 4.45. The van der Waals surface area contributed by atoms with Gasteiger partial charge in [-0.05, 0) is 12.5 Å². The molecule has 1 atom stereocenters. The molecule has 0 aliphatic carbocycles. The van der Waals surface area contributed by atoms with Crippen molar-refractivity contribution in [2.45, 2.75) is 25.8 Å². The lowest BCUT2D eigenvalue weighted by atomic mass is 10.1. The number of morpholine rings is 1. The van der Waals surface area contributed by atoms with Gasteiger partial charge in [-0.15, -0.1) is 0 Å². The first kappa shape index (κ1) is 18.9. The van der Waals surface area contributed by atoms with Gasteiger partial charge in [0.15, 0.2) is 0 Å². The SMILES string of the molecule is C[C@H](c1cccc([N+](=O)[O-])c1)N(C)C(=O)CCC(=O)N1CCOCC1. The van der Waals surface area contributed by atoms with Gasteiger partial charge in [-0.1, -0.05) is 12.1 Å². The molecule has 0 aromatic heterocycles. The Morgan fingerprint density at radius 1 is 1.32 bits per heavy atom. The minimum Gasteiger partial charge on any atom is -0.378 e. The summed E-state index contributed by atoms with van der Waals surface area (Å²) in [5.74, 6) is -0.214. The van der Waals surface area contributed by atoms with Crippen LogP contribution in [0.5, 0.6) is 0 Å². The molecular formula is C17H23N3O5. The van der Waals surface area contributed by atoms with Crippen molar-refractivity contribution >= 4 is 17.5 Å². The van der Waals surface area contributed by atoms with Gasteiger partial charge in [0.05, 0.1) is 24.2 Å². The Balaban J connectivity index is 1.91. The highest BCUT2D eigenvalue weighted by Gasteiger charge is 2.22. The molecule has 1 saturated heterocycles. The first-order chi connectivity index (χ1) is 11.9. The van der Waals surface area contributed by atoms with Crippen LogP contribution in [0.25, 0.3) is 0 Å². The number of nitro groups is 1. The summed E-state index contributed by atoms with van der Waals surface area (Å²) in [5, 5.41) is 10.9. The Labute approximate surface area is 146 Å². The third-order valence-electron chi connectivity index (χ3n) is 4.45. The minimum absolute atomic E-state index is 0.00676. The molecule has 2 rings (SSSR count). The van der Waals surface area contributed by atoms with Gasteiger partial charge in [0.2, 0.25) is 11.8 Å². The van der Waals surface area contributed by atoms with Crippen molar-refractivity contribution < 1.29 is 19.2 Å². The fourth-order valence-corrected chi connectivity index (χ4v) is 2.70. The van der Waals surface area contributed by atoms with Crippen molar-refractivity contribution in [1.82, 2.24) is 9.80 Å². The van der Waals surface area contributed by atoms with Crippen LogP contribution in [0.1, 0.15) is 31.4 Å². The quantitative estimate of drug-likeness (QED) is 0.576. The number of benzene rings is 1. The maximum atomic E-state index is 12.4. The van der Waals surface area contributed by atoms with Gasteiger partial charge < -0.3 is 14.5 Å². The average molecular weight is 349 g/mol. The van der Waals surface area contributed by atoms with E-state index in [1.807, 2.05) is 0 Å². The van der Waals surface area contributed by atoms with Crippen LogP contribution in [0.4, 0.5) is 5.69 Å². The molecule has 8 nitrogen and oxygen atoms in total. The average Bonchev–Trinajstić information content (AvgIpc) is 2.65. The number of nitro benzene ring substituents is 1. The van der Waals surface area contributed by atoms with Gasteiger partial charge in [-0.2, -0.15) is 0 Å². The molecule has 2 amide bonds. The molecule has 0 spiro atoms. The van der Waals surface area contributed by atoms with Gasteiger partial charge in [0.1, 0.15) is 0 Å². The van der Waals surface area contributed by atoms with Gasteiger partial charge in [0, 0.05) is 45.1 Å². The van der Waals surface area contributed by atoms with E-state index in [9.17, 15) is 19.7 Å². The number of amides is 2. The largest absolute Gasteiger partial charge is 0.378 e. The van der Waals surface area contributed by atoms with E-state index in [2.05, 4.69) is 0 Å². The van der Waals surface area contributed by atoms with Crippen molar-refractivity contribution in [3.63, 3.8) is 0 Å². The number of carbonyl (C=O) groups is 2. The number of nitrogens with zero attached hydrogens (tertiary/aromatic N) is 3. The molecule has 0 unspecified atom stereocenters. The van der Waals surface area contributed by atoms with Crippen LogP contribution in [-0.2, 0) is 14.3 Å². The van der Waals surface area contributed by atoms with Crippen molar-refractivity contribution in [1.29, 1.82) is 0 Å². The predicted molar refractivity (Wildman–Crippen MR) is 90.9 cm³/mol. The summed E-state index contributed by atoms with van der Waals surface area (Å²) >= 11 is 0. The lowest BCUT2D eigenvalue weighted by molar-refractivity contribution is -0.384. The molecule has 25 heavy (non-hydrogen) atoms. The maximum Gasteiger partial charge on any atom is 0.269 e. The lowest BCUT2D eigenvalue weighted by Crippen LogP contribution is -2.41. The second-order valence-corrected chi connectivity index (χ2v) is 6.03. The topological polar surface area (TPSA) is 93.0 Å². The van der Waals surface area contributed by atoms with Gasteiger partial charge in [-0.25, -0.2) is 0 Å². The fourth-order valence-electron chi connectivity index (χ4n) is 2.70. The third kappa shape index (κ3) is 4.99. The van der Waals surface area contributed by atoms with E-state index in [0.29, 0.717) is 31.9 Å². The highest BCUT2D eigenvalue weighted by Crippen LogP contribution is 2.23. The van der Waals surface area contributed by atoms with Crippen LogP contribution < -0.4 is 0 Å². The molecule has 1 fully saturated rings. The molecule has 1 aliphatic heterocycles. The zero-order chi connectivity index (χ0) is 18.4. The molecule has 0 radical (unpaired) electrons. The van der Waals surface area contributed by atoms with Crippen molar-refractivity contribution in [3.8, 4) is 0 Å². The van der Waals surface area contributed by atoms with E-state index < -0.39 is 4.92 Å². The number of carbonyl (C=O) groups excluding carboxylic acids is 2. The van der Waals surface area contributed by atoms with E-state index in [-0.39, 0.29) is 36.4 Å². The second-order valence-electron chi connectivity index (χ2n) is 6.03. The lowest BCUT2D eigenvalue weighted by Gasteiger charge is -2.28. The van der Waals surface area contributed by atoms with Crippen LogP contribution in [-0.4, -0.2) is 59.9 Å². The molecule has 1 heterocycles. The highest BCUT2D eigenvalue weighted by atomic mass is 16.6. The number of hydrogen-bond donors (Lipinski definition) is 0. The number of hydrogen-bond acceptors (Lipinski definition) is 5. The smallest absolute Gasteiger partial charge is 0.269 e. The molecule has 136 valence electrons. The van der Waals surface area contributed by atoms with E-state index in [0.717, 1.165) is 0 Å². The molecule has 8 heteroatoms. The van der Waals surface area contributed by atoms with Crippen LogP contribution in [0.15, 0.2) is 24.3 Å². The summed E-state index contributed by atoms with van der Waals surface area (Å²) in [5.41, 5.74) is 0.678. The molecular weight excluding hydrogens is 326 g/mol. The molecule has 0 N–H and O–H groups in total. The maximum absolute atomic E-state index is 12.4.